The minimum absolute atomic E-state index is 0.580. The summed E-state index contributed by atoms with van der Waals surface area (Å²) in [6, 6.07) is 7.16. The molecule has 0 aliphatic carbocycles. The summed E-state index contributed by atoms with van der Waals surface area (Å²) < 4.78 is 0.876. The van der Waals surface area contributed by atoms with Gasteiger partial charge in [-0.2, -0.15) is 0 Å². The van der Waals surface area contributed by atoms with E-state index in [1.165, 1.54) is 0 Å². The van der Waals surface area contributed by atoms with E-state index in [-0.39, 0.29) is 0 Å². The maximum atomic E-state index is 6.05. The van der Waals surface area contributed by atoms with Crippen molar-refractivity contribution >= 4 is 50.5 Å². The van der Waals surface area contributed by atoms with Gasteiger partial charge in [0.15, 0.2) is 0 Å². The lowest BCUT2D eigenvalue weighted by molar-refractivity contribution is 1.30. The molecule has 1 aromatic carbocycles. The smallest absolute Gasteiger partial charge is 0.0655 e. The second kappa shape index (κ2) is 5.04. The molecule has 2 nitrogen and oxygen atoms in total. The third kappa shape index (κ3) is 2.67. The molecule has 1 aromatic heterocycles. The largest absolute Gasteiger partial charge is 0.353 e. The van der Waals surface area contributed by atoms with Crippen LogP contribution < -0.4 is 5.32 Å². The molecule has 0 unspecified atom stereocenters. The third-order valence-electron chi connectivity index (χ3n) is 1.97. The second-order valence-electron chi connectivity index (χ2n) is 3.10. The van der Waals surface area contributed by atoms with Gasteiger partial charge in [0.1, 0.15) is 0 Å². The Bertz CT molecular complexity index is 517. The summed E-state index contributed by atoms with van der Waals surface area (Å²) in [5, 5.41) is 4.39. The number of anilines is 2. The Balaban J connectivity index is 2.31. The average Bonchev–Trinajstić information content (AvgIpc) is 2.25. The van der Waals surface area contributed by atoms with Gasteiger partial charge in [0.25, 0.3) is 0 Å². The fraction of sp³-hybridized carbons (Fsp3) is 0. The zero-order chi connectivity index (χ0) is 11.5. The quantitative estimate of drug-likeness (QED) is 0.852. The Labute approximate surface area is 112 Å². The van der Waals surface area contributed by atoms with Gasteiger partial charge < -0.3 is 5.32 Å². The van der Waals surface area contributed by atoms with E-state index < -0.39 is 0 Å². The minimum Gasteiger partial charge on any atom is -0.353 e. The molecular formula is C11H7BrCl2N2. The summed E-state index contributed by atoms with van der Waals surface area (Å²) in [6.07, 6.45) is 3.42. The van der Waals surface area contributed by atoms with Crippen molar-refractivity contribution < 1.29 is 0 Å². The van der Waals surface area contributed by atoms with Crippen LogP contribution in [0.1, 0.15) is 0 Å². The normalized spacial score (nSPS) is 10.2. The summed E-state index contributed by atoms with van der Waals surface area (Å²) in [6.45, 7) is 0. The first-order valence-electron chi connectivity index (χ1n) is 4.48. The molecule has 0 saturated carbocycles. The molecule has 1 heterocycles. The summed E-state index contributed by atoms with van der Waals surface area (Å²) in [5.74, 6) is 0. The molecule has 0 saturated heterocycles. The first kappa shape index (κ1) is 11.7. The highest BCUT2D eigenvalue weighted by Gasteiger charge is 2.03. The zero-order valence-corrected chi connectivity index (χ0v) is 11.1. The van der Waals surface area contributed by atoms with E-state index >= 15 is 0 Å². The van der Waals surface area contributed by atoms with Crippen LogP contribution in [-0.2, 0) is 0 Å². The molecule has 0 aliphatic heterocycles. The van der Waals surface area contributed by atoms with Gasteiger partial charge in [-0.3, -0.25) is 4.98 Å². The molecule has 0 aliphatic rings. The highest BCUT2D eigenvalue weighted by Crippen LogP contribution is 2.30. The van der Waals surface area contributed by atoms with Crippen molar-refractivity contribution in [1.82, 2.24) is 4.98 Å². The van der Waals surface area contributed by atoms with E-state index in [1.807, 2.05) is 12.1 Å². The van der Waals surface area contributed by atoms with Crippen molar-refractivity contribution in [2.24, 2.45) is 0 Å². The van der Waals surface area contributed by atoms with Crippen LogP contribution in [0.2, 0.25) is 10.0 Å². The van der Waals surface area contributed by atoms with E-state index in [9.17, 15) is 0 Å². The van der Waals surface area contributed by atoms with E-state index in [4.69, 9.17) is 23.2 Å². The minimum atomic E-state index is 0.580. The molecule has 0 atom stereocenters. The number of halogens is 3. The average molecular weight is 318 g/mol. The van der Waals surface area contributed by atoms with E-state index in [2.05, 4.69) is 26.2 Å². The van der Waals surface area contributed by atoms with Gasteiger partial charge in [0.2, 0.25) is 0 Å². The van der Waals surface area contributed by atoms with Crippen molar-refractivity contribution in [3.05, 3.63) is 51.2 Å². The van der Waals surface area contributed by atoms with Crippen molar-refractivity contribution in [1.29, 1.82) is 0 Å². The number of rotatable bonds is 2. The van der Waals surface area contributed by atoms with Crippen LogP contribution in [0.25, 0.3) is 0 Å². The fourth-order valence-corrected chi connectivity index (χ4v) is 2.02. The number of hydrogen-bond donors (Lipinski definition) is 1. The lowest BCUT2D eigenvalue weighted by atomic mass is 10.3. The van der Waals surface area contributed by atoms with Crippen LogP contribution >= 0.6 is 39.1 Å². The van der Waals surface area contributed by atoms with Gasteiger partial charge in [0.05, 0.1) is 20.9 Å². The van der Waals surface area contributed by atoms with Gasteiger partial charge in [-0.25, -0.2) is 0 Å². The number of aromatic nitrogens is 1. The standard InChI is InChI=1S/C11H7BrCl2N2/c12-8-6-15-4-3-10(8)16-11-2-1-7(13)5-9(11)14/h1-6H,(H,15,16). The van der Waals surface area contributed by atoms with Crippen LogP contribution in [-0.4, -0.2) is 4.98 Å². The van der Waals surface area contributed by atoms with Gasteiger partial charge >= 0.3 is 0 Å². The number of nitrogens with one attached hydrogen (secondary N) is 1. The Morgan fingerprint density at radius 2 is 1.94 bits per heavy atom. The summed E-state index contributed by atoms with van der Waals surface area (Å²) in [7, 11) is 0. The van der Waals surface area contributed by atoms with Crippen molar-refractivity contribution in [3.63, 3.8) is 0 Å². The number of hydrogen-bond acceptors (Lipinski definition) is 2. The summed E-state index contributed by atoms with van der Waals surface area (Å²) in [4.78, 5) is 3.98. The number of pyridine rings is 1. The van der Waals surface area contributed by atoms with Crippen LogP contribution in [0.4, 0.5) is 11.4 Å². The maximum Gasteiger partial charge on any atom is 0.0655 e. The zero-order valence-electron chi connectivity index (χ0n) is 8.05. The third-order valence-corrected chi connectivity index (χ3v) is 3.15. The number of benzene rings is 1. The molecule has 0 spiro atoms. The predicted octanol–water partition coefficient (Wildman–Crippen LogP) is 4.89. The maximum absolute atomic E-state index is 6.05. The Morgan fingerprint density at radius 1 is 1.12 bits per heavy atom. The molecule has 2 rings (SSSR count). The van der Waals surface area contributed by atoms with Crippen LogP contribution in [0, 0.1) is 0 Å². The van der Waals surface area contributed by atoms with Crippen molar-refractivity contribution in [3.8, 4) is 0 Å². The number of nitrogens with zero attached hydrogens (tertiary/aromatic N) is 1. The first-order valence-corrected chi connectivity index (χ1v) is 6.03. The topological polar surface area (TPSA) is 24.9 Å². The Kier molecular flexibility index (Phi) is 3.69. The Hall–Kier alpha value is -0.770. The molecule has 82 valence electrons. The molecule has 0 fully saturated rings. The monoisotopic (exact) mass is 316 g/mol. The molecule has 2 aromatic rings. The lowest BCUT2D eigenvalue weighted by Gasteiger charge is -2.09. The second-order valence-corrected chi connectivity index (χ2v) is 4.80. The highest BCUT2D eigenvalue weighted by molar-refractivity contribution is 9.10. The van der Waals surface area contributed by atoms with Crippen LogP contribution in [0.15, 0.2) is 41.1 Å². The van der Waals surface area contributed by atoms with Gasteiger partial charge in [-0.15, -0.1) is 0 Å². The summed E-state index contributed by atoms with van der Waals surface area (Å²) in [5.41, 5.74) is 1.71. The summed E-state index contributed by atoms with van der Waals surface area (Å²) >= 11 is 15.3. The molecular weight excluding hydrogens is 311 g/mol. The van der Waals surface area contributed by atoms with E-state index in [1.54, 1.807) is 24.5 Å². The lowest BCUT2D eigenvalue weighted by Crippen LogP contribution is -1.92. The van der Waals surface area contributed by atoms with Crippen molar-refractivity contribution in [2.75, 3.05) is 5.32 Å². The van der Waals surface area contributed by atoms with Gasteiger partial charge in [-0.1, -0.05) is 23.2 Å². The molecule has 16 heavy (non-hydrogen) atoms. The van der Waals surface area contributed by atoms with E-state index in [0.29, 0.717) is 10.0 Å². The SMILES string of the molecule is Clc1ccc(Nc2ccncc2Br)c(Cl)c1. The first-order chi connectivity index (χ1) is 7.66. The molecule has 0 amide bonds. The molecule has 5 heteroatoms. The predicted molar refractivity (Wildman–Crippen MR) is 71.7 cm³/mol. The van der Waals surface area contributed by atoms with Gasteiger partial charge in [0, 0.05) is 17.4 Å². The van der Waals surface area contributed by atoms with E-state index in [0.717, 1.165) is 15.8 Å². The van der Waals surface area contributed by atoms with Crippen LogP contribution in [0.5, 0.6) is 0 Å². The Morgan fingerprint density at radius 3 is 2.62 bits per heavy atom. The van der Waals surface area contributed by atoms with Crippen molar-refractivity contribution in [2.45, 2.75) is 0 Å². The molecule has 0 radical (unpaired) electrons. The van der Waals surface area contributed by atoms with Crippen LogP contribution in [0.3, 0.4) is 0 Å². The molecule has 1 N–H and O–H groups in total. The highest BCUT2D eigenvalue weighted by atomic mass is 79.9. The fourth-order valence-electron chi connectivity index (χ4n) is 1.21. The van der Waals surface area contributed by atoms with Gasteiger partial charge in [-0.05, 0) is 40.2 Å². The molecule has 0 bridgehead atoms.